The van der Waals surface area contributed by atoms with E-state index in [4.69, 9.17) is 0 Å². The first-order valence-corrected chi connectivity index (χ1v) is 7.11. The van der Waals surface area contributed by atoms with Crippen molar-refractivity contribution < 1.29 is 13.2 Å². The van der Waals surface area contributed by atoms with Gasteiger partial charge in [-0.05, 0) is 30.7 Å². The largest absolute Gasteiger partial charge is 0.358 e. The molecule has 1 rings (SSSR count). The zero-order chi connectivity index (χ0) is 13.1. The van der Waals surface area contributed by atoms with Gasteiger partial charge in [0.05, 0.1) is 11.4 Å². The summed E-state index contributed by atoms with van der Waals surface area (Å²) in [4.78, 5) is 11.1. The van der Waals surface area contributed by atoms with E-state index < -0.39 is 10.0 Å². The number of hydrogen-bond acceptors (Lipinski definition) is 3. The summed E-state index contributed by atoms with van der Waals surface area (Å²) in [7, 11) is -2.19. The summed E-state index contributed by atoms with van der Waals surface area (Å²) in [6, 6.07) is 4.67. The van der Waals surface area contributed by atoms with Gasteiger partial charge in [-0.25, -0.2) is 13.1 Å². The monoisotopic (exact) mass is 320 g/mol. The number of benzene rings is 1. The Bertz CT molecular complexity index is 528. The van der Waals surface area contributed by atoms with Crippen LogP contribution in [0.5, 0.6) is 0 Å². The van der Waals surface area contributed by atoms with Gasteiger partial charge in [0, 0.05) is 11.5 Å². The molecule has 0 saturated carbocycles. The summed E-state index contributed by atoms with van der Waals surface area (Å²) in [6.07, 6.45) is 0. The fourth-order valence-electron chi connectivity index (χ4n) is 1.12. The van der Waals surface area contributed by atoms with Crippen molar-refractivity contribution in [3.8, 4) is 0 Å². The minimum atomic E-state index is -3.64. The molecule has 0 spiro atoms. The van der Waals surface area contributed by atoms with Gasteiger partial charge in [0.25, 0.3) is 0 Å². The molecule has 1 aromatic rings. The molecule has 7 heteroatoms. The minimum Gasteiger partial charge on any atom is -0.358 e. The minimum absolute atomic E-state index is 0.141. The fraction of sp³-hybridized carbons (Fsp3) is 0.300. The number of amides is 1. The van der Waals surface area contributed by atoms with E-state index in [0.717, 1.165) is 10.0 Å². The van der Waals surface area contributed by atoms with Crippen LogP contribution in [0.2, 0.25) is 0 Å². The van der Waals surface area contributed by atoms with Crippen molar-refractivity contribution in [2.45, 2.75) is 11.8 Å². The summed E-state index contributed by atoms with van der Waals surface area (Å²) in [5.41, 5.74) is 0.813. The maximum absolute atomic E-state index is 11.8. The number of sulfonamides is 1. The molecule has 0 aliphatic heterocycles. The van der Waals surface area contributed by atoms with Crippen LogP contribution in [-0.4, -0.2) is 27.9 Å². The molecule has 94 valence electrons. The topological polar surface area (TPSA) is 75.3 Å². The lowest BCUT2D eigenvalue weighted by Crippen LogP contribution is -2.35. The Labute approximate surface area is 109 Å². The lowest BCUT2D eigenvalue weighted by atomic mass is 10.2. The number of hydrogen-bond donors (Lipinski definition) is 2. The highest BCUT2D eigenvalue weighted by molar-refractivity contribution is 9.10. The molecule has 0 aromatic heterocycles. The second-order valence-corrected chi connectivity index (χ2v) is 6.03. The average Bonchev–Trinajstić information content (AvgIpc) is 2.29. The second kappa shape index (κ2) is 5.61. The highest BCUT2D eigenvalue weighted by atomic mass is 79.9. The van der Waals surface area contributed by atoms with Crippen LogP contribution in [0.4, 0.5) is 0 Å². The van der Waals surface area contributed by atoms with Crippen LogP contribution in [0.15, 0.2) is 27.6 Å². The van der Waals surface area contributed by atoms with Crippen molar-refractivity contribution in [2.75, 3.05) is 13.6 Å². The van der Waals surface area contributed by atoms with Crippen molar-refractivity contribution >= 4 is 31.9 Å². The van der Waals surface area contributed by atoms with Crippen LogP contribution in [0.25, 0.3) is 0 Å². The Hall–Kier alpha value is -0.920. The Morgan fingerprint density at radius 2 is 2.06 bits per heavy atom. The predicted octanol–water partition coefficient (Wildman–Crippen LogP) is 0.782. The molecular formula is C10H13BrN2O3S. The van der Waals surface area contributed by atoms with E-state index in [2.05, 4.69) is 26.0 Å². The number of nitrogens with one attached hydrogen (secondary N) is 2. The molecular weight excluding hydrogens is 308 g/mol. The van der Waals surface area contributed by atoms with Gasteiger partial charge in [-0.1, -0.05) is 15.9 Å². The lowest BCUT2D eigenvalue weighted by Gasteiger charge is -2.07. The van der Waals surface area contributed by atoms with Gasteiger partial charge in [0.1, 0.15) is 0 Å². The third-order valence-electron chi connectivity index (χ3n) is 2.14. The number of likely N-dealkylation sites (N-methyl/N-ethyl adjacent to an activating group) is 1. The molecule has 0 atom stereocenters. The first-order chi connectivity index (χ1) is 7.86. The zero-order valence-electron chi connectivity index (χ0n) is 9.45. The van der Waals surface area contributed by atoms with Gasteiger partial charge in [-0.3, -0.25) is 4.79 Å². The van der Waals surface area contributed by atoms with Gasteiger partial charge in [-0.2, -0.15) is 0 Å². The van der Waals surface area contributed by atoms with E-state index in [1.807, 2.05) is 0 Å². The molecule has 1 aromatic carbocycles. The van der Waals surface area contributed by atoms with Crippen molar-refractivity contribution in [1.82, 2.24) is 10.0 Å². The predicted molar refractivity (Wildman–Crippen MR) is 68.1 cm³/mol. The van der Waals surface area contributed by atoms with Crippen molar-refractivity contribution in [1.29, 1.82) is 0 Å². The van der Waals surface area contributed by atoms with Gasteiger partial charge >= 0.3 is 0 Å². The van der Waals surface area contributed by atoms with Crippen LogP contribution >= 0.6 is 15.9 Å². The van der Waals surface area contributed by atoms with Gasteiger partial charge in [0.2, 0.25) is 15.9 Å². The van der Waals surface area contributed by atoms with Crippen LogP contribution in [0, 0.1) is 6.92 Å². The van der Waals surface area contributed by atoms with Crippen molar-refractivity contribution in [3.63, 3.8) is 0 Å². The van der Waals surface area contributed by atoms with E-state index in [1.165, 1.54) is 19.2 Å². The number of carbonyl (C=O) groups is 1. The molecule has 0 aliphatic carbocycles. The van der Waals surface area contributed by atoms with Crippen LogP contribution in [0.3, 0.4) is 0 Å². The SMILES string of the molecule is CNC(=O)CNS(=O)(=O)c1ccc(Br)c(C)c1. The summed E-state index contributed by atoms with van der Waals surface area (Å²) >= 11 is 3.29. The lowest BCUT2D eigenvalue weighted by molar-refractivity contribution is -0.119. The molecule has 0 fully saturated rings. The molecule has 1 amide bonds. The van der Waals surface area contributed by atoms with E-state index in [0.29, 0.717) is 0 Å². The Kier molecular flexibility index (Phi) is 4.67. The normalized spacial score (nSPS) is 11.2. The summed E-state index contributed by atoms with van der Waals surface area (Å²) in [5.74, 6) is -0.387. The van der Waals surface area contributed by atoms with E-state index >= 15 is 0 Å². The number of aryl methyl sites for hydroxylation is 1. The van der Waals surface area contributed by atoms with E-state index in [-0.39, 0.29) is 17.3 Å². The van der Waals surface area contributed by atoms with Crippen LogP contribution in [-0.2, 0) is 14.8 Å². The maximum Gasteiger partial charge on any atom is 0.241 e. The molecule has 0 saturated heterocycles. The first-order valence-electron chi connectivity index (χ1n) is 4.83. The highest BCUT2D eigenvalue weighted by Gasteiger charge is 2.15. The van der Waals surface area contributed by atoms with E-state index in [9.17, 15) is 13.2 Å². The number of halogens is 1. The summed E-state index contributed by atoms with van der Waals surface area (Å²) in [5, 5.41) is 2.34. The fourth-order valence-corrected chi connectivity index (χ4v) is 2.43. The molecule has 0 aliphatic rings. The second-order valence-electron chi connectivity index (χ2n) is 3.41. The Morgan fingerprint density at radius 1 is 1.41 bits per heavy atom. The molecule has 0 unspecified atom stereocenters. The quantitative estimate of drug-likeness (QED) is 0.861. The molecule has 17 heavy (non-hydrogen) atoms. The average molecular weight is 321 g/mol. The first kappa shape index (κ1) is 14.1. The standard InChI is InChI=1S/C10H13BrN2O3S/c1-7-5-8(3-4-9(7)11)17(15,16)13-6-10(14)12-2/h3-5,13H,6H2,1-2H3,(H,12,14). The van der Waals surface area contributed by atoms with Crippen LogP contribution in [0.1, 0.15) is 5.56 Å². The van der Waals surface area contributed by atoms with Crippen molar-refractivity contribution in [2.24, 2.45) is 0 Å². The third kappa shape index (κ3) is 3.79. The van der Waals surface area contributed by atoms with Gasteiger partial charge in [-0.15, -0.1) is 0 Å². The van der Waals surface area contributed by atoms with Gasteiger partial charge < -0.3 is 5.32 Å². The number of rotatable bonds is 4. The molecule has 0 radical (unpaired) electrons. The summed E-state index contributed by atoms with van der Waals surface area (Å²) in [6.45, 7) is 1.52. The zero-order valence-corrected chi connectivity index (χ0v) is 11.9. The summed E-state index contributed by atoms with van der Waals surface area (Å²) < 4.78 is 26.7. The Balaban J connectivity index is 2.90. The number of carbonyl (C=O) groups excluding carboxylic acids is 1. The van der Waals surface area contributed by atoms with Gasteiger partial charge in [0.15, 0.2) is 0 Å². The smallest absolute Gasteiger partial charge is 0.241 e. The molecule has 0 bridgehead atoms. The highest BCUT2D eigenvalue weighted by Crippen LogP contribution is 2.19. The van der Waals surface area contributed by atoms with E-state index in [1.54, 1.807) is 13.0 Å². The Morgan fingerprint density at radius 3 is 2.59 bits per heavy atom. The third-order valence-corrected chi connectivity index (χ3v) is 4.43. The van der Waals surface area contributed by atoms with Crippen LogP contribution < -0.4 is 10.0 Å². The molecule has 2 N–H and O–H groups in total. The molecule has 0 heterocycles. The maximum atomic E-state index is 11.8. The molecule has 5 nitrogen and oxygen atoms in total. The van der Waals surface area contributed by atoms with Crippen molar-refractivity contribution in [3.05, 3.63) is 28.2 Å².